The SMILES string of the molecule is COC(=O)N1[C@@H](c2ccccc2)C=C[C@H](c2ccccc2)N1C(=O)OC. The normalized spacial score (nSPS) is 19.2. The molecule has 0 unspecified atom stereocenters. The van der Waals surface area contributed by atoms with E-state index in [1.165, 1.54) is 24.2 Å². The molecule has 0 radical (unpaired) electrons. The van der Waals surface area contributed by atoms with Crippen LogP contribution in [-0.2, 0) is 9.47 Å². The minimum atomic E-state index is -0.644. The van der Waals surface area contributed by atoms with E-state index in [1.807, 2.05) is 72.8 Å². The number of hydrazine groups is 1. The van der Waals surface area contributed by atoms with Crippen molar-refractivity contribution in [2.75, 3.05) is 14.2 Å². The number of hydrogen-bond donors (Lipinski definition) is 0. The van der Waals surface area contributed by atoms with Crippen LogP contribution < -0.4 is 0 Å². The molecule has 134 valence electrons. The van der Waals surface area contributed by atoms with E-state index in [0.29, 0.717) is 0 Å². The fraction of sp³-hybridized carbons (Fsp3) is 0.200. The van der Waals surface area contributed by atoms with Crippen molar-refractivity contribution in [2.24, 2.45) is 0 Å². The average molecular weight is 352 g/mol. The molecule has 0 N–H and O–H groups in total. The van der Waals surface area contributed by atoms with Crippen LogP contribution in [0.3, 0.4) is 0 Å². The first kappa shape index (κ1) is 17.5. The van der Waals surface area contributed by atoms with Gasteiger partial charge in [-0.15, -0.1) is 0 Å². The predicted octanol–water partition coefficient (Wildman–Crippen LogP) is 4.09. The number of rotatable bonds is 2. The summed E-state index contributed by atoms with van der Waals surface area (Å²) in [4.78, 5) is 25.2. The van der Waals surface area contributed by atoms with E-state index in [4.69, 9.17) is 9.47 Å². The molecule has 0 spiro atoms. The molecule has 0 saturated carbocycles. The van der Waals surface area contributed by atoms with Gasteiger partial charge in [-0.3, -0.25) is 0 Å². The first-order valence-corrected chi connectivity index (χ1v) is 8.20. The second-order valence-electron chi connectivity index (χ2n) is 5.73. The minimum absolute atomic E-state index is 0.484. The Labute approximate surface area is 152 Å². The molecule has 0 aromatic heterocycles. The molecule has 0 bridgehead atoms. The van der Waals surface area contributed by atoms with Crippen LogP contribution >= 0.6 is 0 Å². The molecule has 1 heterocycles. The number of carbonyl (C=O) groups is 2. The van der Waals surface area contributed by atoms with Gasteiger partial charge in [-0.1, -0.05) is 72.8 Å². The lowest BCUT2D eigenvalue weighted by atomic mass is 9.99. The predicted molar refractivity (Wildman–Crippen MR) is 96.0 cm³/mol. The van der Waals surface area contributed by atoms with Crippen LogP contribution in [0.25, 0.3) is 0 Å². The van der Waals surface area contributed by atoms with Gasteiger partial charge in [-0.25, -0.2) is 19.6 Å². The minimum Gasteiger partial charge on any atom is -0.451 e. The van der Waals surface area contributed by atoms with E-state index in [2.05, 4.69) is 0 Å². The zero-order valence-corrected chi connectivity index (χ0v) is 14.6. The molecule has 2 aromatic carbocycles. The van der Waals surface area contributed by atoms with E-state index in [1.54, 1.807) is 0 Å². The highest BCUT2D eigenvalue weighted by Gasteiger charge is 2.41. The van der Waals surface area contributed by atoms with Gasteiger partial charge in [0.15, 0.2) is 0 Å². The summed E-state index contributed by atoms with van der Waals surface area (Å²) in [6.07, 6.45) is 2.50. The van der Waals surface area contributed by atoms with Crippen molar-refractivity contribution in [1.82, 2.24) is 10.0 Å². The molecule has 3 rings (SSSR count). The zero-order chi connectivity index (χ0) is 18.5. The van der Waals surface area contributed by atoms with Gasteiger partial charge in [0.05, 0.1) is 14.2 Å². The quantitative estimate of drug-likeness (QED) is 0.764. The topological polar surface area (TPSA) is 59.1 Å². The van der Waals surface area contributed by atoms with E-state index in [9.17, 15) is 9.59 Å². The average Bonchev–Trinajstić information content (AvgIpc) is 2.72. The Balaban J connectivity index is 2.12. The molecule has 2 aromatic rings. The maximum atomic E-state index is 12.6. The standard InChI is InChI=1S/C20H20N2O4/c1-25-19(23)21-17(15-9-5-3-6-10-15)13-14-18(22(21)20(24)26-2)16-11-7-4-8-12-16/h3-14,17-18H,1-2H3/t17-,18-/m1/s1. The molecule has 2 amide bonds. The van der Waals surface area contributed by atoms with Crippen LogP contribution in [0.2, 0.25) is 0 Å². The van der Waals surface area contributed by atoms with Crippen molar-refractivity contribution >= 4 is 12.2 Å². The molecular weight excluding hydrogens is 332 g/mol. The van der Waals surface area contributed by atoms with Gasteiger partial charge in [0, 0.05) is 0 Å². The van der Waals surface area contributed by atoms with Gasteiger partial charge in [0.2, 0.25) is 0 Å². The highest BCUT2D eigenvalue weighted by molar-refractivity contribution is 5.76. The number of hydrogen-bond acceptors (Lipinski definition) is 4. The van der Waals surface area contributed by atoms with E-state index in [0.717, 1.165) is 11.1 Å². The van der Waals surface area contributed by atoms with Gasteiger partial charge in [-0.2, -0.15) is 0 Å². The summed E-state index contributed by atoms with van der Waals surface area (Å²) in [7, 11) is 2.57. The Morgan fingerprint density at radius 2 is 1.04 bits per heavy atom. The van der Waals surface area contributed by atoms with E-state index < -0.39 is 24.3 Å². The zero-order valence-electron chi connectivity index (χ0n) is 14.6. The first-order valence-electron chi connectivity index (χ1n) is 8.20. The van der Waals surface area contributed by atoms with Crippen LogP contribution in [0.1, 0.15) is 23.2 Å². The van der Waals surface area contributed by atoms with Crippen molar-refractivity contribution in [2.45, 2.75) is 12.1 Å². The molecule has 6 heteroatoms. The van der Waals surface area contributed by atoms with Crippen molar-refractivity contribution in [3.05, 3.63) is 83.9 Å². The lowest BCUT2D eigenvalue weighted by Crippen LogP contribution is -2.54. The molecule has 1 aliphatic heterocycles. The van der Waals surface area contributed by atoms with Gasteiger partial charge >= 0.3 is 12.2 Å². The fourth-order valence-corrected chi connectivity index (χ4v) is 3.04. The molecule has 26 heavy (non-hydrogen) atoms. The molecule has 0 saturated heterocycles. The van der Waals surface area contributed by atoms with Gasteiger partial charge in [-0.05, 0) is 11.1 Å². The highest BCUT2D eigenvalue weighted by atomic mass is 16.6. The third-order valence-corrected chi connectivity index (χ3v) is 4.24. The van der Waals surface area contributed by atoms with E-state index in [-0.39, 0.29) is 0 Å². The maximum absolute atomic E-state index is 12.6. The third-order valence-electron chi connectivity index (χ3n) is 4.24. The van der Waals surface area contributed by atoms with Gasteiger partial charge < -0.3 is 9.47 Å². The van der Waals surface area contributed by atoms with Crippen molar-refractivity contribution in [3.8, 4) is 0 Å². The summed E-state index contributed by atoms with van der Waals surface area (Å²) in [6, 6.07) is 17.9. The maximum Gasteiger partial charge on any atom is 0.429 e. The lowest BCUT2D eigenvalue weighted by Gasteiger charge is -2.43. The Morgan fingerprint density at radius 1 is 0.692 bits per heavy atom. The third kappa shape index (κ3) is 3.26. The summed E-state index contributed by atoms with van der Waals surface area (Å²) in [5.74, 6) is 0. The second kappa shape index (κ2) is 7.74. The second-order valence-corrected chi connectivity index (χ2v) is 5.73. The first-order chi connectivity index (χ1) is 12.7. The molecule has 1 aliphatic rings. The molecule has 2 atom stereocenters. The summed E-state index contributed by atoms with van der Waals surface area (Å²) >= 11 is 0. The Morgan fingerprint density at radius 3 is 1.35 bits per heavy atom. The monoisotopic (exact) mass is 352 g/mol. The van der Waals surface area contributed by atoms with Crippen LogP contribution in [0.4, 0.5) is 9.59 Å². The summed E-state index contributed by atoms with van der Waals surface area (Å²) in [5.41, 5.74) is 1.71. The fourth-order valence-electron chi connectivity index (χ4n) is 3.04. The summed E-state index contributed by atoms with van der Waals surface area (Å²) in [6.45, 7) is 0. The number of amides is 2. The van der Waals surface area contributed by atoms with Gasteiger partial charge in [0.25, 0.3) is 0 Å². The van der Waals surface area contributed by atoms with Crippen LogP contribution in [0.5, 0.6) is 0 Å². The molecule has 0 fully saturated rings. The number of methoxy groups -OCH3 is 2. The van der Waals surface area contributed by atoms with Crippen LogP contribution in [-0.4, -0.2) is 36.4 Å². The highest BCUT2D eigenvalue weighted by Crippen LogP contribution is 2.37. The molecular formula is C20H20N2O4. The van der Waals surface area contributed by atoms with Crippen molar-refractivity contribution < 1.29 is 19.1 Å². The molecule has 6 nitrogen and oxygen atoms in total. The number of carbonyl (C=O) groups excluding carboxylic acids is 2. The lowest BCUT2D eigenvalue weighted by molar-refractivity contribution is -0.0491. The van der Waals surface area contributed by atoms with Crippen LogP contribution in [0, 0.1) is 0 Å². The Bertz CT molecular complexity index is 724. The van der Waals surface area contributed by atoms with Crippen molar-refractivity contribution in [3.63, 3.8) is 0 Å². The molecule has 0 aliphatic carbocycles. The van der Waals surface area contributed by atoms with E-state index >= 15 is 0 Å². The number of nitrogens with zero attached hydrogens (tertiary/aromatic N) is 2. The van der Waals surface area contributed by atoms with Gasteiger partial charge in [0.1, 0.15) is 12.1 Å². The van der Waals surface area contributed by atoms with Crippen LogP contribution in [0.15, 0.2) is 72.8 Å². The number of ether oxygens (including phenoxy) is 2. The summed E-state index contributed by atoms with van der Waals surface area (Å²) in [5, 5.41) is 2.58. The summed E-state index contributed by atoms with van der Waals surface area (Å²) < 4.78 is 9.91. The Hall–Kier alpha value is -3.28. The Kier molecular flexibility index (Phi) is 5.22. The van der Waals surface area contributed by atoms with Crippen molar-refractivity contribution in [1.29, 1.82) is 0 Å². The smallest absolute Gasteiger partial charge is 0.429 e. The number of benzene rings is 2. The largest absolute Gasteiger partial charge is 0.451 e.